The molecule has 1 fully saturated rings. The quantitative estimate of drug-likeness (QED) is 0.618. The van der Waals surface area contributed by atoms with Crippen LogP contribution in [0.4, 0.5) is 13.2 Å². The highest BCUT2D eigenvalue weighted by Crippen LogP contribution is 2.25. The van der Waals surface area contributed by atoms with E-state index in [0.717, 1.165) is 19.5 Å². The molecule has 2 aromatic rings. The van der Waals surface area contributed by atoms with E-state index in [1.54, 1.807) is 31.3 Å². The molecule has 2 heterocycles. The Morgan fingerprint density at radius 3 is 2.64 bits per heavy atom. The van der Waals surface area contributed by atoms with Crippen molar-refractivity contribution in [1.29, 1.82) is 0 Å². The minimum atomic E-state index is -4.42. The molecule has 1 atom stereocenters. The Kier molecular flexibility index (Phi) is 7.70. The van der Waals surface area contributed by atoms with Crippen molar-refractivity contribution < 1.29 is 22.7 Å². The van der Waals surface area contributed by atoms with E-state index in [0.29, 0.717) is 28.1 Å². The summed E-state index contributed by atoms with van der Waals surface area (Å²) in [4.78, 5) is 23.7. The number of halogens is 3. The minimum absolute atomic E-state index is 0.0503. The maximum Gasteiger partial charge on any atom is 0.422 e. The molecule has 7 nitrogen and oxygen atoms in total. The summed E-state index contributed by atoms with van der Waals surface area (Å²) in [6.07, 6.45) is -0.672. The summed E-state index contributed by atoms with van der Waals surface area (Å²) in [6, 6.07) is 9.36. The van der Waals surface area contributed by atoms with Gasteiger partial charge in [0.25, 0.3) is 5.91 Å². The molecule has 10 heteroatoms. The van der Waals surface area contributed by atoms with Gasteiger partial charge in [-0.25, -0.2) is 4.98 Å². The van der Waals surface area contributed by atoms with Crippen molar-refractivity contribution in [3.05, 3.63) is 53.9 Å². The molecule has 3 N–H and O–H groups in total. The average Bonchev–Trinajstić information content (AvgIpc) is 3.20. The van der Waals surface area contributed by atoms with Crippen LogP contribution < -0.4 is 15.8 Å². The highest BCUT2D eigenvalue weighted by Gasteiger charge is 2.28. The normalized spacial score (nSPS) is 17.5. The molecule has 33 heavy (non-hydrogen) atoms. The number of alkyl halides is 3. The van der Waals surface area contributed by atoms with Crippen LogP contribution in [0.15, 0.2) is 47.6 Å². The lowest BCUT2D eigenvalue weighted by atomic mass is 10.0. The van der Waals surface area contributed by atoms with E-state index < -0.39 is 12.8 Å². The molecule has 0 aliphatic carbocycles. The molecule has 1 aromatic heterocycles. The Balaban J connectivity index is 1.91. The zero-order valence-corrected chi connectivity index (χ0v) is 18.4. The smallest absolute Gasteiger partial charge is 0.422 e. The zero-order chi connectivity index (χ0) is 24.0. The summed E-state index contributed by atoms with van der Waals surface area (Å²) in [7, 11) is 3.59. The van der Waals surface area contributed by atoms with Gasteiger partial charge < -0.3 is 20.7 Å². The molecule has 0 saturated carbocycles. The van der Waals surface area contributed by atoms with Crippen molar-refractivity contribution in [2.24, 2.45) is 10.7 Å². The van der Waals surface area contributed by atoms with Crippen LogP contribution in [-0.2, 0) is 0 Å². The molecule has 0 bridgehead atoms. The molecule has 3 rings (SSSR count). The summed E-state index contributed by atoms with van der Waals surface area (Å²) in [5, 5.41) is 3.04. The van der Waals surface area contributed by atoms with E-state index in [9.17, 15) is 18.0 Å². The Morgan fingerprint density at radius 2 is 2.06 bits per heavy atom. The molecule has 1 aliphatic heterocycles. The van der Waals surface area contributed by atoms with Gasteiger partial charge in [-0.1, -0.05) is 0 Å². The first-order valence-electron chi connectivity index (χ1n) is 10.3. The lowest BCUT2D eigenvalue weighted by Crippen LogP contribution is -2.36. The molecule has 1 aliphatic rings. The minimum Gasteiger partial charge on any atom is -0.484 e. The number of pyridine rings is 1. The van der Waals surface area contributed by atoms with Crippen LogP contribution >= 0.6 is 0 Å². The van der Waals surface area contributed by atoms with Gasteiger partial charge in [0.05, 0.1) is 11.4 Å². The van der Waals surface area contributed by atoms with Crippen LogP contribution in [0.5, 0.6) is 5.75 Å². The van der Waals surface area contributed by atoms with Crippen LogP contribution in [-0.4, -0.2) is 68.0 Å². The highest BCUT2D eigenvalue weighted by atomic mass is 19.4. The predicted molar refractivity (Wildman–Crippen MR) is 121 cm³/mol. The van der Waals surface area contributed by atoms with Gasteiger partial charge in [0, 0.05) is 48.7 Å². The summed E-state index contributed by atoms with van der Waals surface area (Å²) < 4.78 is 41.9. The van der Waals surface area contributed by atoms with E-state index >= 15 is 0 Å². The first kappa shape index (κ1) is 24.2. The van der Waals surface area contributed by atoms with Crippen LogP contribution in [0.2, 0.25) is 0 Å². The van der Waals surface area contributed by atoms with Gasteiger partial charge in [-0.3, -0.25) is 9.79 Å². The summed E-state index contributed by atoms with van der Waals surface area (Å²) in [5.74, 6) is -0.161. The number of hydrogen-bond acceptors (Lipinski definition) is 6. The van der Waals surface area contributed by atoms with Gasteiger partial charge in [-0.2, -0.15) is 13.2 Å². The van der Waals surface area contributed by atoms with Crippen molar-refractivity contribution in [3.63, 3.8) is 0 Å². The SMILES string of the molecule is CN=C/C(=C\N)c1cc(C(=O)NC2CCN(C)C2)cc(-c2ccc(OCC(F)(F)F)cc2)n1. The topological polar surface area (TPSA) is 92.8 Å². The number of allylic oxidation sites excluding steroid dienone is 1. The maximum absolute atomic E-state index is 13.0. The van der Waals surface area contributed by atoms with E-state index in [2.05, 4.69) is 20.2 Å². The summed E-state index contributed by atoms with van der Waals surface area (Å²) in [6.45, 7) is 0.307. The number of ether oxygens (including phenoxy) is 1. The van der Waals surface area contributed by atoms with Gasteiger partial charge >= 0.3 is 6.18 Å². The van der Waals surface area contributed by atoms with E-state index in [-0.39, 0.29) is 17.7 Å². The zero-order valence-electron chi connectivity index (χ0n) is 18.4. The molecule has 176 valence electrons. The molecule has 1 amide bonds. The van der Waals surface area contributed by atoms with E-state index in [4.69, 9.17) is 10.5 Å². The van der Waals surface area contributed by atoms with Crippen molar-refractivity contribution in [1.82, 2.24) is 15.2 Å². The van der Waals surface area contributed by atoms with Crippen LogP contribution in [0.3, 0.4) is 0 Å². The third-order valence-corrected chi connectivity index (χ3v) is 5.11. The molecular weight excluding hydrogens is 435 g/mol. The van der Waals surface area contributed by atoms with Crippen molar-refractivity contribution in [2.75, 3.05) is 33.8 Å². The Morgan fingerprint density at radius 1 is 1.33 bits per heavy atom. The fourth-order valence-corrected chi connectivity index (χ4v) is 3.50. The van der Waals surface area contributed by atoms with E-state index in [1.165, 1.54) is 24.5 Å². The number of hydrogen-bond donors (Lipinski definition) is 2. The molecule has 1 unspecified atom stereocenters. The third kappa shape index (κ3) is 6.79. The lowest BCUT2D eigenvalue weighted by Gasteiger charge is -2.15. The fourth-order valence-electron chi connectivity index (χ4n) is 3.50. The number of carbonyl (C=O) groups excluding carboxylic acids is 1. The lowest BCUT2D eigenvalue weighted by molar-refractivity contribution is -0.153. The second kappa shape index (κ2) is 10.5. The largest absolute Gasteiger partial charge is 0.484 e. The van der Waals surface area contributed by atoms with Gasteiger partial charge in [0.15, 0.2) is 6.61 Å². The van der Waals surface area contributed by atoms with Crippen LogP contribution in [0.25, 0.3) is 16.8 Å². The van der Waals surface area contributed by atoms with Gasteiger partial charge in [0.2, 0.25) is 0 Å². The number of aliphatic imine (C=N–C) groups is 1. The van der Waals surface area contributed by atoms with Crippen molar-refractivity contribution >= 4 is 17.7 Å². The first-order valence-corrected chi connectivity index (χ1v) is 10.3. The maximum atomic E-state index is 13.0. The van der Waals surface area contributed by atoms with Crippen LogP contribution in [0, 0.1) is 0 Å². The molecule has 1 aromatic carbocycles. The molecular formula is C23H26F3N5O2. The van der Waals surface area contributed by atoms with Crippen molar-refractivity contribution in [2.45, 2.75) is 18.6 Å². The van der Waals surface area contributed by atoms with Gasteiger partial charge in [-0.15, -0.1) is 0 Å². The number of benzene rings is 1. The number of likely N-dealkylation sites (N-methyl/N-ethyl adjacent to an activating group) is 1. The average molecular weight is 461 g/mol. The summed E-state index contributed by atoms with van der Waals surface area (Å²) >= 11 is 0. The number of likely N-dealkylation sites (tertiary alicyclic amines) is 1. The molecule has 1 saturated heterocycles. The number of aromatic nitrogens is 1. The Hall–Kier alpha value is -3.40. The number of amides is 1. The highest BCUT2D eigenvalue weighted by molar-refractivity contribution is 6.09. The number of rotatable bonds is 7. The fraction of sp³-hybridized carbons (Fsp3) is 0.348. The molecule has 0 radical (unpaired) electrons. The van der Waals surface area contributed by atoms with Gasteiger partial charge in [0.1, 0.15) is 5.75 Å². The monoisotopic (exact) mass is 461 g/mol. The summed E-state index contributed by atoms with van der Waals surface area (Å²) in [5.41, 5.74) is 8.18. The Labute approximate surface area is 190 Å². The molecule has 0 spiro atoms. The second-order valence-corrected chi connectivity index (χ2v) is 7.79. The van der Waals surface area contributed by atoms with E-state index in [1.807, 2.05) is 7.05 Å². The third-order valence-electron chi connectivity index (χ3n) is 5.11. The second-order valence-electron chi connectivity index (χ2n) is 7.79. The Bertz CT molecular complexity index is 1040. The number of nitrogens with two attached hydrogens (primary N) is 1. The van der Waals surface area contributed by atoms with Crippen molar-refractivity contribution in [3.8, 4) is 17.0 Å². The number of nitrogens with zero attached hydrogens (tertiary/aromatic N) is 3. The number of nitrogens with one attached hydrogen (secondary N) is 1. The predicted octanol–water partition coefficient (Wildman–Crippen LogP) is 3.12. The van der Waals surface area contributed by atoms with Crippen LogP contribution in [0.1, 0.15) is 22.5 Å². The first-order chi connectivity index (χ1) is 15.7. The standard InChI is InChI=1S/C23H26F3N5O2/c1-28-12-17(11-27)21-10-16(22(32)29-18-7-8-31(2)13-18)9-20(30-21)15-3-5-19(6-4-15)33-14-23(24,25)26/h3-6,9-12,18H,7-8,13-14,27H2,1-2H3,(H,29,32)/b17-11+,28-12?. The van der Waals surface area contributed by atoms with Gasteiger partial charge in [-0.05, 0) is 56.4 Å². The number of carbonyl (C=O) groups is 1.